The molecule has 1 saturated heterocycles. The lowest BCUT2D eigenvalue weighted by Gasteiger charge is -2.26. The van der Waals surface area contributed by atoms with Crippen molar-refractivity contribution in [2.45, 2.75) is 25.8 Å². The minimum absolute atomic E-state index is 0.0151. The van der Waals surface area contributed by atoms with Gasteiger partial charge < -0.3 is 18.9 Å². The number of benzene rings is 1. The van der Waals surface area contributed by atoms with Crippen molar-refractivity contribution >= 4 is 27.5 Å². The Morgan fingerprint density at radius 2 is 2.03 bits per heavy atom. The molecule has 0 radical (unpaired) electrons. The van der Waals surface area contributed by atoms with Gasteiger partial charge in [-0.05, 0) is 43.0 Å². The minimum atomic E-state index is -0.118. The van der Waals surface area contributed by atoms with Crippen LogP contribution < -0.4 is 15.0 Å². The average molecular weight is 411 g/mol. The summed E-state index contributed by atoms with van der Waals surface area (Å²) in [4.78, 5) is 33.4. The standard InChI is InChI=1S/C21H21N3O4S/c1-12-17-19(22-11-23(2)20(17)25)29-18(12)21(26)24-7-3-4-14(24)13-5-6-15-16(10-13)28-9-8-27-15/h5-6,10-11,14H,3-4,7-9H2,1-2H3. The van der Waals surface area contributed by atoms with Crippen LogP contribution in [0.3, 0.4) is 0 Å². The number of hydrogen-bond acceptors (Lipinski definition) is 6. The molecule has 7 nitrogen and oxygen atoms in total. The van der Waals surface area contributed by atoms with Gasteiger partial charge in [-0.2, -0.15) is 0 Å². The summed E-state index contributed by atoms with van der Waals surface area (Å²) in [5, 5.41) is 0.540. The van der Waals surface area contributed by atoms with Crippen LogP contribution in [0.25, 0.3) is 10.2 Å². The Bertz CT molecular complexity index is 1180. The zero-order chi connectivity index (χ0) is 20.1. The smallest absolute Gasteiger partial charge is 0.264 e. The molecule has 0 saturated carbocycles. The average Bonchev–Trinajstić information content (AvgIpc) is 3.35. The van der Waals surface area contributed by atoms with Gasteiger partial charge in [0, 0.05) is 13.6 Å². The van der Waals surface area contributed by atoms with Crippen molar-refractivity contribution in [3.05, 3.63) is 50.9 Å². The van der Waals surface area contributed by atoms with Crippen molar-refractivity contribution in [1.29, 1.82) is 0 Å². The number of amides is 1. The first-order chi connectivity index (χ1) is 14.0. The topological polar surface area (TPSA) is 73.7 Å². The van der Waals surface area contributed by atoms with Crippen LogP contribution in [0.1, 0.15) is 39.7 Å². The summed E-state index contributed by atoms with van der Waals surface area (Å²) in [6, 6.07) is 5.90. The van der Waals surface area contributed by atoms with Gasteiger partial charge in [0.2, 0.25) is 0 Å². The third-order valence-corrected chi connectivity index (χ3v) is 6.86. The SMILES string of the molecule is Cc1c(C(=O)N2CCCC2c2ccc3c(c2)OCCO3)sc2ncn(C)c(=O)c12. The van der Waals surface area contributed by atoms with Gasteiger partial charge in [-0.1, -0.05) is 6.07 Å². The van der Waals surface area contributed by atoms with E-state index in [-0.39, 0.29) is 17.5 Å². The fourth-order valence-corrected chi connectivity index (χ4v) is 5.26. The Hall–Kier alpha value is -2.87. The molecule has 3 aromatic rings. The highest BCUT2D eigenvalue weighted by molar-refractivity contribution is 7.20. The van der Waals surface area contributed by atoms with E-state index in [1.165, 1.54) is 22.2 Å². The maximum absolute atomic E-state index is 13.4. The number of rotatable bonds is 2. The van der Waals surface area contributed by atoms with Crippen molar-refractivity contribution in [3.63, 3.8) is 0 Å². The molecular formula is C21H21N3O4S. The lowest BCUT2D eigenvalue weighted by molar-refractivity contribution is 0.0739. The van der Waals surface area contributed by atoms with Gasteiger partial charge >= 0.3 is 0 Å². The summed E-state index contributed by atoms with van der Waals surface area (Å²) < 4.78 is 12.8. The maximum Gasteiger partial charge on any atom is 0.264 e. The highest BCUT2D eigenvalue weighted by atomic mass is 32.1. The molecule has 0 aliphatic carbocycles. The predicted molar refractivity (Wildman–Crippen MR) is 110 cm³/mol. The molecule has 5 rings (SSSR count). The third-order valence-electron chi connectivity index (χ3n) is 5.67. The van der Waals surface area contributed by atoms with E-state index in [2.05, 4.69) is 4.98 Å². The van der Waals surface area contributed by atoms with E-state index < -0.39 is 0 Å². The van der Waals surface area contributed by atoms with Crippen LogP contribution in [0.5, 0.6) is 11.5 Å². The van der Waals surface area contributed by atoms with Gasteiger partial charge in [-0.3, -0.25) is 9.59 Å². The second kappa shape index (κ2) is 6.88. The Morgan fingerprint density at radius 3 is 2.86 bits per heavy atom. The van der Waals surface area contributed by atoms with Gasteiger partial charge in [0.05, 0.1) is 22.6 Å². The summed E-state index contributed by atoms with van der Waals surface area (Å²) in [6.45, 7) is 3.62. The predicted octanol–water partition coefficient (Wildman–Crippen LogP) is 3.05. The number of nitrogens with zero attached hydrogens (tertiary/aromatic N) is 3. The van der Waals surface area contributed by atoms with Crippen LogP contribution in [0.4, 0.5) is 0 Å². The lowest BCUT2D eigenvalue weighted by atomic mass is 10.0. The number of fused-ring (bicyclic) bond motifs is 2. The summed E-state index contributed by atoms with van der Waals surface area (Å²) in [5.41, 5.74) is 1.65. The molecule has 8 heteroatoms. The highest BCUT2D eigenvalue weighted by Gasteiger charge is 2.33. The fraction of sp³-hybridized carbons (Fsp3) is 0.381. The number of likely N-dealkylation sites (tertiary alicyclic amines) is 1. The normalized spacial score (nSPS) is 18.4. The van der Waals surface area contributed by atoms with Crippen molar-refractivity contribution in [3.8, 4) is 11.5 Å². The number of carbonyl (C=O) groups excluding carboxylic acids is 1. The molecule has 4 heterocycles. The summed E-state index contributed by atoms with van der Waals surface area (Å²) in [7, 11) is 1.67. The third kappa shape index (κ3) is 2.90. The fourth-order valence-electron chi connectivity index (χ4n) is 4.17. The number of aryl methyl sites for hydroxylation is 2. The first-order valence-electron chi connectivity index (χ1n) is 9.70. The van der Waals surface area contributed by atoms with Crippen LogP contribution >= 0.6 is 11.3 Å². The van der Waals surface area contributed by atoms with Crippen molar-refractivity contribution in [1.82, 2.24) is 14.5 Å². The van der Waals surface area contributed by atoms with Gasteiger partial charge in [-0.15, -0.1) is 11.3 Å². The van der Waals surface area contributed by atoms with Crippen molar-refractivity contribution in [2.24, 2.45) is 7.05 Å². The zero-order valence-electron chi connectivity index (χ0n) is 16.3. The van der Waals surface area contributed by atoms with Crippen LogP contribution in [0, 0.1) is 6.92 Å². The lowest BCUT2D eigenvalue weighted by Crippen LogP contribution is -2.30. The van der Waals surface area contributed by atoms with E-state index in [0.717, 1.165) is 35.5 Å². The Morgan fingerprint density at radius 1 is 1.24 bits per heavy atom. The van der Waals surface area contributed by atoms with E-state index in [1.54, 1.807) is 7.05 Å². The molecule has 2 aliphatic heterocycles. The van der Waals surface area contributed by atoms with Crippen LogP contribution in [-0.4, -0.2) is 40.1 Å². The quantitative estimate of drug-likeness (QED) is 0.648. The van der Waals surface area contributed by atoms with E-state index in [4.69, 9.17) is 9.47 Å². The molecule has 29 heavy (non-hydrogen) atoms. The second-order valence-corrected chi connectivity index (χ2v) is 8.46. The van der Waals surface area contributed by atoms with Crippen LogP contribution in [0.2, 0.25) is 0 Å². The second-order valence-electron chi connectivity index (χ2n) is 7.46. The molecule has 1 aromatic carbocycles. The Kier molecular flexibility index (Phi) is 4.31. The van der Waals surface area contributed by atoms with Gasteiger partial charge in [0.25, 0.3) is 11.5 Å². The van der Waals surface area contributed by atoms with Crippen molar-refractivity contribution < 1.29 is 14.3 Å². The highest BCUT2D eigenvalue weighted by Crippen LogP contribution is 2.40. The molecule has 0 bridgehead atoms. The zero-order valence-corrected chi connectivity index (χ0v) is 17.1. The molecule has 2 aliphatic rings. The Labute approximate surface area is 171 Å². The van der Waals surface area contributed by atoms with Crippen molar-refractivity contribution in [2.75, 3.05) is 19.8 Å². The molecule has 1 fully saturated rings. The van der Waals surface area contributed by atoms with E-state index in [9.17, 15) is 9.59 Å². The molecule has 0 N–H and O–H groups in total. The molecule has 2 aromatic heterocycles. The van der Waals surface area contributed by atoms with Gasteiger partial charge in [0.15, 0.2) is 11.5 Å². The molecule has 1 atom stereocenters. The number of aromatic nitrogens is 2. The molecule has 0 spiro atoms. The van der Waals surface area contributed by atoms with Gasteiger partial charge in [-0.25, -0.2) is 4.98 Å². The minimum Gasteiger partial charge on any atom is -0.486 e. The first-order valence-corrected chi connectivity index (χ1v) is 10.5. The number of thiophene rings is 1. The maximum atomic E-state index is 13.4. The molecule has 1 unspecified atom stereocenters. The number of hydrogen-bond donors (Lipinski definition) is 0. The first kappa shape index (κ1) is 18.2. The van der Waals surface area contributed by atoms with Crippen LogP contribution in [-0.2, 0) is 7.05 Å². The molecule has 1 amide bonds. The van der Waals surface area contributed by atoms with Gasteiger partial charge in [0.1, 0.15) is 18.0 Å². The summed E-state index contributed by atoms with van der Waals surface area (Å²) in [5.74, 6) is 1.45. The molecule has 150 valence electrons. The monoisotopic (exact) mass is 411 g/mol. The molecular weight excluding hydrogens is 390 g/mol. The van der Waals surface area contributed by atoms with E-state index >= 15 is 0 Å². The number of ether oxygens (including phenoxy) is 2. The summed E-state index contributed by atoms with van der Waals surface area (Å²) >= 11 is 1.30. The van der Waals surface area contributed by atoms with E-state index in [1.807, 2.05) is 30.0 Å². The van der Waals surface area contributed by atoms with Crippen LogP contribution in [0.15, 0.2) is 29.3 Å². The summed E-state index contributed by atoms with van der Waals surface area (Å²) in [6.07, 6.45) is 3.34. The van der Waals surface area contributed by atoms with E-state index in [0.29, 0.717) is 34.9 Å². The largest absolute Gasteiger partial charge is 0.486 e. The number of carbonyl (C=O) groups is 1. The Balaban J connectivity index is 1.51.